The van der Waals surface area contributed by atoms with Crippen molar-refractivity contribution in [2.75, 3.05) is 13.1 Å². The number of aromatic nitrogens is 1. The van der Waals surface area contributed by atoms with Gasteiger partial charge in [0.15, 0.2) is 0 Å². The molecule has 0 unspecified atom stereocenters. The summed E-state index contributed by atoms with van der Waals surface area (Å²) < 4.78 is 0. The maximum absolute atomic E-state index is 5.61. The lowest BCUT2D eigenvalue weighted by molar-refractivity contribution is 0.322. The average molecular weight is 259 g/mol. The smallest absolute Gasteiger partial charge is 0.0870 e. The first-order chi connectivity index (χ1) is 8.70. The number of nitrogens with two attached hydrogens (primary N) is 1. The number of para-hydroxylation sites is 1. The van der Waals surface area contributed by atoms with E-state index in [-0.39, 0.29) is 0 Å². The summed E-state index contributed by atoms with van der Waals surface area (Å²) in [5, 5.41) is 1.17. The zero-order valence-electron chi connectivity index (χ0n) is 10.5. The van der Waals surface area contributed by atoms with Crippen LogP contribution in [0.5, 0.6) is 0 Å². The maximum Gasteiger partial charge on any atom is 0.0870 e. The number of pyridine rings is 1. The molecule has 1 aromatic carbocycles. The monoisotopic (exact) mass is 259 g/mol. The molecule has 2 N–H and O–H groups in total. The fourth-order valence-corrected chi connectivity index (χ4v) is 2.22. The van der Waals surface area contributed by atoms with Crippen molar-refractivity contribution in [3.63, 3.8) is 0 Å². The summed E-state index contributed by atoms with van der Waals surface area (Å²) in [4.78, 5) is 7.20. The van der Waals surface area contributed by atoms with Crippen LogP contribution in [0, 0.1) is 0 Å². The van der Waals surface area contributed by atoms with Crippen molar-refractivity contribution >= 4 is 28.1 Å². The van der Waals surface area contributed by atoms with E-state index < -0.39 is 0 Å². The first-order valence-electron chi connectivity index (χ1n) is 6.04. The first kappa shape index (κ1) is 12.9. The molecule has 0 saturated carbocycles. The Morgan fingerprint density at radius 2 is 2.11 bits per heavy atom. The molecule has 0 saturated heterocycles. The van der Waals surface area contributed by atoms with Crippen molar-refractivity contribution in [2.24, 2.45) is 5.73 Å². The van der Waals surface area contributed by atoms with E-state index in [0.717, 1.165) is 18.6 Å². The Morgan fingerprint density at radius 1 is 1.33 bits per heavy atom. The summed E-state index contributed by atoms with van der Waals surface area (Å²) in [5.41, 5.74) is 7.88. The van der Waals surface area contributed by atoms with Gasteiger partial charge >= 0.3 is 0 Å². The van der Waals surface area contributed by atoms with E-state index in [9.17, 15) is 0 Å². The molecule has 3 nitrogen and oxygen atoms in total. The van der Waals surface area contributed by atoms with E-state index in [2.05, 4.69) is 41.1 Å². The zero-order valence-corrected chi connectivity index (χ0v) is 11.3. The normalized spacial score (nSPS) is 11.0. The van der Waals surface area contributed by atoms with Crippen LogP contribution in [0.3, 0.4) is 0 Å². The molecule has 2 aromatic rings. The quantitative estimate of drug-likeness (QED) is 0.837. The predicted molar refractivity (Wildman–Crippen MR) is 79.5 cm³/mol. The number of nitrogens with zero attached hydrogens (tertiary/aromatic N) is 2. The largest absolute Gasteiger partial charge is 0.392 e. The van der Waals surface area contributed by atoms with E-state index in [4.69, 9.17) is 18.0 Å². The summed E-state index contributed by atoms with van der Waals surface area (Å²) >= 11 is 4.97. The van der Waals surface area contributed by atoms with Crippen molar-refractivity contribution in [2.45, 2.75) is 13.5 Å². The second-order valence-electron chi connectivity index (χ2n) is 4.26. The zero-order chi connectivity index (χ0) is 13.0. The van der Waals surface area contributed by atoms with Crippen molar-refractivity contribution in [3.8, 4) is 0 Å². The van der Waals surface area contributed by atoms with Crippen LogP contribution in [-0.4, -0.2) is 28.0 Å². The van der Waals surface area contributed by atoms with Crippen molar-refractivity contribution in [3.05, 3.63) is 42.1 Å². The minimum Gasteiger partial charge on any atom is -0.392 e. The van der Waals surface area contributed by atoms with Crippen molar-refractivity contribution in [1.29, 1.82) is 0 Å². The number of hydrogen-bond donors (Lipinski definition) is 1. The van der Waals surface area contributed by atoms with Gasteiger partial charge in [-0.2, -0.15) is 0 Å². The molecule has 0 atom stereocenters. The highest BCUT2D eigenvalue weighted by atomic mass is 32.1. The average Bonchev–Trinajstić information content (AvgIpc) is 2.38. The van der Waals surface area contributed by atoms with Crippen LogP contribution in [0.2, 0.25) is 0 Å². The number of benzene rings is 1. The van der Waals surface area contributed by atoms with Crippen LogP contribution in [0.15, 0.2) is 36.5 Å². The number of likely N-dealkylation sites (N-methyl/N-ethyl adjacent to an activating group) is 1. The highest BCUT2D eigenvalue weighted by molar-refractivity contribution is 7.80. The van der Waals surface area contributed by atoms with Crippen LogP contribution in [-0.2, 0) is 6.54 Å². The topological polar surface area (TPSA) is 42.1 Å². The van der Waals surface area contributed by atoms with Crippen LogP contribution in [0.4, 0.5) is 0 Å². The summed E-state index contributed by atoms with van der Waals surface area (Å²) in [7, 11) is 0. The Morgan fingerprint density at radius 3 is 2.83 bits per heavy atom. The van der Waals surface area contributed by atoms with Gasteiger partial charge in [-0.25, -0.2) is 0 Å². The third-order valence-corrected chi connectivity index (χ3v) is 3.07. The van der Waals surface area contributed by atoms with E-state index in [0.29, 0.717) is 11.5 Å². The van der Waals surface area contributed by atoms with Crippen LogP contribution in [0.25, 0.3) is 10.9 Å². The molecule has 1 heterocycles. The van der Waals surface area contributed by atoms with E-state index in [1.807, 2.05) is 12.3 Å². The van der Waals surface area contributed by atoms with E-state index >= 15 is 0 Å². The Kier molecular flexibility index (Phi) is 4.23. The van der Waals surface area contributed by atoms with Gasteiger partial charge in [-0.1, -0.05) is 43.4 Å². The number of hydrogen-bond acceptors (Lipinski definition) is 3. The summed E-state index contributed by atoms with van der Waals surface area (Å²) in [6.45, 7) is 4.49. The molecular weight excluding hydrogens is 242 g/mol. The molecule has 0 amide bonds. The lowest BCUT2D eigenvalue weighted by Gasteiger charge is -2.20. The molecular formula is C14H17N3S. The minimum absolute atomic E-state index is 0.532. The highest BCUT2D eigenvalue weighted by Gasteiger charge is 2.08. The summed E-state index contributed by atoms with van der Waals surface area (Å²) in [6, 6.07) is 10.3. The van der Waals surface area contributed by atoms with Gasteiger partial charge in [-0.3, -0.25) is 9.88 Å². The van der Waals surface area contributed by atoms with Crippen molar-refractivity contribution in [1.82, 2.24) is 9.88 Å². The standard InChI is InChI=1S/C14H17N3S/c1-2-17(10-13(15)18)9-12-6-3-5-11-7-4-8-16-14(11)12/h3-8H,2,9-10H2,1H3,(H2,15,18). The second kappa shape index (κ2) is 5.89. The van der Waals surface area contributed by atoms with Gasteiger partial charge in [0, 0.05) is 24.7 Å². The summed E-state index contributed by atoms with van der Waals surface area (Å²) in [6.07, 6.45) is 1.83. The van der Waals surface area contributed by atoms with Gasteiger partial charge in [0.25, 0.3) is 0 Å². The third-order valence-electron chi connectivity index (χ3n) is 2.94. The van der Waals surface area contributed by atoms with Crippen LogP contribution >= 0.6 is 12.2 Å². The van der Waals surface area contributed by atoms with Gasteiger partial charge in [0.2, 0.25) is 0 Å². The molecule has 2 rings (SSSR count). The molecule has 18 heavy (non-hydrogen) atoms. The lowest BCUT2D eigenvalue weighted by Crippen LogP contribution is -2.32. The number of thiocarbonyl (C=S) groups is 1. The fourth-order valence-electron chi connectivity index (χ4n) is 2.04. The molecule has 0 radical (unpaired) electrons. The van der Waals surface area contributed by atoms with Crippen molar-refractivity contribution < 1.29 is 0 Å². The first-order valence-corrected chi connectivity index (χ1v) is 6.45. The van der Waals surface area contributed by atoms with Gasteiger partial charge in [0.05, 0.1) is 10.5 Å². The summed E-state index contributed by atoms with van der Waals surface area (Å²) in [5.74, 6) is 0. The van der Waals surface area contributed by atoms with Gasteiger partial charge in [-0.15, -0.1) is 0 Å². The number of fused-ring (bicyclic) bond motifs is 1. The molecule has 0 spiro atoms. The van der Waals surface area contributed by atoms with Gasteiger partial charge in [0.1, 0.15) is 0 Å². The molecule has 0 aliphatic heterocycles. The SMILES string of the molecule is CCN(CC(N)=S)Cc1cccc2cccnc12. The Labute approximate surface area is 113 Å². The fraction of sp³-hybridized carbons (Fsp3) is 0.286. The molecule has 0 aliphatic rings. The molecule has 4 heteroatoms. The number of rotatable bonds is 5. The lowest BCUT2D eigenvalue weighted by atomic mass is 10.1. The molecule has 0 bridgehead atoms. The van der Waals surface area contributed by atoms with E-state index in [1.165, 1.54) is 10.9 Å². The van der Waals surface area contributed by atoms with Crippen LogP contribution in [0.1, 0.15) is 12.5 Å². The highest BCUT2D eigenvalue weighted by Crippen LogP contribution is 2.17. The van der Waals surface area contributed by atoms with E-state index in [1.54, 1.807) is 0 Å². The molecule has 0 fully saturated rings. The van der Waals surface area contributed by atoms with Crippen LogP contribution < -0.4 is 5.73 Å². The predicted octanol–water partition coefficient (Wildman–Crippen LogP) is 2.34. The Bertz CT molecular complexity index is 548. The Hall–Kier alpha value is -1.52. The molecule has 1 aromatic heterocycles. The molecule has 0 aliphatic carbocycles. The maximum atomic E-state index is 5.61. The van der Waals surface area contributed by atoms with Gasteiger partial charge < -0.3 is 5.73 Å². The minimum atomic E-state index is 0.532. The Balaban J connectivity index is 2.27. The third kappa shape index (κ3) is 3.03. The second-order valence-corrected chi connectivity index (χ2v) is 4.79. The van der Waals surface area contributed by atoms with Gasteiger partial charge in [-0.05, 0) is 18.2 Å². The molecule has 94 valence electrons.